The number of hydrogen-bond acceptors (Lipinski definition) is 2. The highest BCUT2D eigenvalue weighted by molar-refractivity contribution is 5.94. The van der Waals surface area contributed by atoms with Gasteiger partial charge in [0.05, 0.1) is 0 Å². The molecular weight excluding hydrogens is 219 g/mol. The Morgan fingerprint density at radius 1 is 1.43 bits per heavy atom. The molecule has 0 aliphatic carbocycles. The largest absolute Gasteiger partial charge is 0.433 e. The summed E-state index contributed by atoms with van der Waals surface area (Å²) in [6, 6.07) is 1.99. The molecule has 1 heterocycles. The van der Waals surface area contributed by atoms with E-state index in [0.29, 0.717) is 0 Å². The topological polar surface area (TPSA) is 62.8 Å². The van der Waals surface area contributed by atoms with Crippen molar-refractivity contribution in [3.8, 4) is 0 Å². The molecule has 3 N–H and O–H groups in total. The van der Waals surface area contributed by atoms with Crippen LogP contribution < -0.4 is 5.73 Å². The molecule has 78 valence electrons. The number of nitrogens with two attached hydrogens (primary N) is 1. The number of alkyl halides is 3. The maximum absolute atomic E-state index is 12.1. The Bertz CT molecular complexity index is 337. The second-order valence-electron chi connectivity index (χ2n) is 2.34. The van der Waals surface area contributed by atoms with Crippen LogP contribution in [0.25, 0.3) is 0 Å². The minimum Gasteiger partial charge on any atom is -0.384 e. The maximum Gasteiger partial charge on any atom is 0.433 e. The summed E-state index contributed by atoms with van der Waals surface area (Å²) in [5, 5.41) is 6.92. The fourth-order valence-electron chi connectivity index (χ4n) is 0.753. The van der Waals surface area contributed by atoms with E-state index >= 15 is 0 Å². The highest BCUT2D eigenvalue weighted by Crippen LogP contribution is 2.27. The Labute approximate surface area is 84.1 Å². The number of nitrogens with zero attached hydrogens (tertiary/aromatic N) is 1. The van der Waals surface area contributed by atoms with Crippen LogP contribution in [0.15, 0.2) is 18.3 Å². The average molecular weight is 226 g/mol. The van der Waals surface area contributed by atoms with Gasteiger partial charge in [-0.3, -0.25) is 10.4 Å². The van der Waals surface area contributed by atoms with Gasteiger partial charge in [-0.15, -0.1) is 12.4 Å². The molecule has 3 nitrogen and oxygen atoms in total. The van der Waals surface area contributed by atoms with Gasteiger partial charge in [-0.25, -0.2) is 0 Å². The van der Waals surface area contributed by atoms with E-state index in [1.165, 1.54) is 6.07 Å². The Morgan fingerprint density at radius 2 is 2.00 bits per heavy atom. The van der Waals surface area contributed by atoms with Gasteiger partial charge in [0, 0.05) is 11.8 Å². The summed E-state index contributed by atoms with van der Waals surface area (Å²) in [7, 11) is 0. The van der Waals surface area contributed by atoms with Gasteiger partial charge in [-0.1, -0.05) is 0 Å². The summed E-state index contributed by atoms with van der Waals surface area (Å²) in [6.45, 7) is 0. The van der Waals surface area contributed by atoms with Crippen molar-refractivity contribution >= 4 is 18.2 Å². The van der Waals surface area contributed by atoms with E-state index in [0.717, 1.165) is 12.3 Å². The van der Waals surface area contributed by atoms with Crippen LogP contribution in [0.5, 0.6) is 0 Å². The number of amidine groups is 1. The molecule has 0 saturated heterocycles. The fourth-order valence-corrected chi connectivity index (χ4v) is 0.753. The Balaban J connectivity index is 0.00000169. The van der Waals surface area contributed by atoms with Gasteiger partial charge in [0.2, 0.25) is 0 Å². The minimum absolute atomic E-state index is 0. The van der Waals surface area contributed by atoms with Crippen molar-refractivity contribution in [2.75, 3.05) is 0 Å². The quantitative estimate of drug-likeness (QED) is 0.566. The number of aromatic nitrogens is 1. The molecule has 0 unspecified atom stereocenters. The van der Waals surface area contributed by atoms with E-state index in [9.17, 15) is 13.2 Å². The van der Waals surface area contributed by atoms with Crippen molar-refractivity contribution in [3.63, 3.8) is 0 Å². The third-order valence-corrected chi connectivity index (χ3v) is 1.36. The van der Waals surface area contributed by atoms with Gasteiger partial charge in [0.1, 0.15) is 11.5 Å². The first-order valence-electron chi connectivity index (χ1n) is 3.29. The van der Waals surface area contributed by atoms with Gasteiger partial charge < -0.3 is 5.73 Å². The van der Waals surface area contributed by atoms with Crippen LogP contribution in [0.3, 0.4) is 0 Å². The van der Waals surface area contributed by atoms with Crippen molar-refractivity contribution < 1.29 is 13.2 Å². The molecule has 0 aromatic carbocycles. The molecule has 0 saturated carbocycles. The van der Waals surface area contributed by atoms with Crippen molar-refractivity contribution in [1.82, 2.24) is 4.98 Å². The molecule has 1 aromatic rings. The molecule has 0 fully saturated rings. The molecule has 0 bridgehead atoms. The van der Waals surface area contributed by atoms with Crippen molar-refractivity contribution in [2.45, 2.75) is 6.18 Å². The van der Waals surface area contributed by atoms with Crippen molar-refractivity contribution in [2.24, 2.45) is 5.73 Å². The first kappa shape index (κ1) is 12.7. The molecule has 1 aromatic heterocycles. The summed E-state index contributed by atoms with van der Waals surface area (Å²) >= 11 is 0. The first-order chi connectivity index (χ1) is 5.91. The number of rotatable bonds is 1. The highest BCUT2D eigenvalue weighted by atomic mass is 35.5. The van der Waals surface area contributed by atoms with E-state index in [2.05, 4.69) is 4.98 Å². The van der Waals surface area contributed by atoms with Crippen LogP contribution in [0.4, 0.5) is 13.2 Å². The molecule has 0 atom stereocenters. The lowest BCUT2D eigenvalue weighted by molar-refractivity contribution is -0.141. The number of nitrogens with one attached hydrogen (secondary N) is 1. The monoisotopic (exact) mass is 225 g/mol. The third kappa shape index (κ3) is 2.88. The SMILES string of the molecule is Cl.N=C(N)c1ccnc(C(F)(F)F)c1. The maximum atomic E-state index is 12.1. The first-order valence-corrected chi connectivity index (χ1v) is 3.29. The summed E-state index contributed by atoms with van der Waals surface area (Å²) in [4.78, 5) is 3.12. The van der Waals surface area contributed by atoms with E-state index in [-0.39, 0.29) is 18.0 Å². The zero-order valence-electron chi connectivity index (χ0n) is 6.80. The molecule has 0 aliphatic heterocycles. The minimum atomic E-state index is -4.49. The van der Waals surface area contributed by atoms with Gasteiger partial charge in [0.15, 0.2) is 0 Å². The van der Waals surface area contributed by atoms with Crippen LogP contribution in [-0.2, 0) is 6.18 Å². The van der Waals surface area contributed by atoms with Crippen molar-refractivity contribution in [1.29, 1.82) is 5.41 Å². The zero-order valence-corrected chi connectivity index (χ0v) is 7.62. The Hall–Kier alpha value is -1.30. The average Bonchev–Trinajstić information content (AvgIpc) is 2.03. The van der Waals surface area contributed by atoms with Gasteiger partial charge >= 0.3 is 6.18 Å². The number of pyridine rings is 1. The molecule has 0 aliphatic rings. The molecular formula is C7H7ClF3N3. The van der Waals surface area contributed by atoms with Gasteiger partial charge in [0.25, 0.3) is 0 Å². The zero-order chi connectivity index (χ0) is 10.1. The molecule has 14 heavy (non-hydrogen) atoms. The fraction of sp³-hybridized carbons (Fsp3) is 0.143. The second-order valence-corrected chi connectivity index (χ2v) is 2.34. The van der Waals surface area contributed by atoms with Crippen LogP contribution >= 0.6 is 12.4 Å². The van der Waals surface area contributed by atoms with Gasteiger partial charge in [-0.05, 0) is 12.1 Å². The summed E-state index contributed by atoms with van der Waals surface area (Å²) in [6.07, 6.45) is -3.52. The molecule has 7 heteroatoms. The van der Waals surface area contributed by atoms with Crippen LogP contribution in [0.2, 0.25) is 0 Å². The van der Waals surface area contributed by atoms with Crippen LogP contribution in [0, 0.1) is 5.41 Å². The summed E-state index contributed by atoms with van der Waals surface area (Å²) < 4.78 is 36.2. The van der Waals surface area contributed by atoms with E-state index in [4.69, 9.17) is 11.1 Å². The predicted octanol–water partition coefficient (Wildman–Crippen LogP) is 1.81. The normalized spacial score (nSPS) is 10.5. The second kappa shape index (κ2) is 4.28. The molecule has 1 rings (SSSR count). The molecule has 0 amide bonds. The van der Waals surface area contributed by atoms with Gasteiger partial charge in [-0.2, -0.15) is 13.2 Å². The smallest absolute Gasteiger partial charge is 0.384 e. The number of halogens is 4. The molecule has 0 spiro atoms. The Kier molecular flexibility index (Phi) is 3.88. The standard InChI is InChI=1S/C7H6F3N3.ClH/c8-7(9,10)5-3-4(6(11)12)1-2-13-5;/h1-3H,(H3,11,12);1H. The van der Waals surface area contributed by atoms with Crippen LogP contribution in [0.1, 0.15) is 11.3 Å². The summed E-state index contributed by atoms with van der Waals surface area (Å²) in [5.74, 6) is -0.409. The lowest BCUT2D eigenvalue weighted by Gasteiger charge is -2.06. The van der Waals surface area contributed by atoms with E-state index in [1.54, 1.807) is 0 Å². The number of hydrogen-bond donors (Lipinski definition) is 2. The van der Waals surface area contributed by atoms with Crippen LogP contribution in [-0.4, -0.2) is 10.8 Å². The number of nitrogen functional groups attached to an aromatic ring is 1. The Morgan fingerprint density at radius 3 is 2.43 bits per heavy atom. The highest BCUT2D eigenvalue weighted by Gasteiger charge is 2.32. The summed E-state index contributed by atoms with van der Waals surface area (Å²) in [5.41, 5.74) is 3.99. The lowest BCUT2D eigenvalue weighted by atomic mass is 10.2. The molecule has 0 radical (unpaired) electrons. The lowest BCUT2D eigenvalue weighted by Crippen LogP contribution is -2.14. The predicted molar refractivity (Wildman–Crippen MR) is 47.5 cm³/mol. The van der Waals surface area contributed by atoms with E-state index < -0.39 is 17.7 Å². The van der Waals surface area contributed by atoms with Crippen molar-refractivity contribution in [3.05, 3.63) is 29.6 Å². The third-order valence-electron chi connectivity index (χ3n) is 1.36. The van der Waals surface area contributed by atoms with E-state index in [1.807, 2.05) is 0 Å².